The smallest absolute Gasteiger partial charge is 0.227 e. The van der Waals surface area contributed by atoms with Crippen LogP contribution >= 0.6 is 0 Å². The van der Waals surface area contributed by atoms with Crippen molar-refractivity contribution in [2.75, 3.05) is 4.90 Å². The molecule has 0 aliphatic carbocycles. The van der Waals surface area contributed by atoms with Crippen LogP contribution < -0.4 is 4.90 Å². The molecule has 0 bridgehead atoms. The third kappa shape index (κ3) is 4.96. The van der Waals surface area contributed by atoms with E-state index in [4.69, 9.17) is 9.40 Å². The minimum atomic E-state index is 0.630. The largest absolute Gasteiger partial charge is 0.435 e. The maximum absolute atomic E-state index is 6.39. The Hall–Kier alpha value is -6.91. The third-order valence-electron chi connectivity index (χ3n) is 9.79. The highest BCUT2D eigenvalue weighted by atomic mass is 16.3. The van der Waals surface area contributed by atoms with E-state index in [-0.39, 0.29) is 0 Å². The first kappa shape index (κ1) is 29.0. The highest BCUT2D eigenvalue weighted by Gasteiger charge is 2.19. The van der Waals surface area contributed by atoms with Gasteiger partial charge in [0.1, 0.15) is 5.52 Å². The first-order valence-electron chi connectivity index (χ1n) is 17.2. The SMILES string of the molecule is c1ccc(-c2ccc(N(c3ccc4c(ccc5nc(-c6ccccc6)oc54)c3)c3ccc4c(c3)c3ccccc3n4-c3ccccc3)cc2)cc1. The molecule has 10 aromatic rings. The first-order chi connectivity index (χ1) is 25.3. The van der Waals surface area contributed by atoms with Gasteiger partial charge in [-0.05, 0) is 101 Å². The predicted molar refractivity (Wildman–Crippen MR) is 211 cm³/mol. The zero-order valence-electron chi connectivity index (χ0n) is 27.6. The van der Waals surface area contributed by atoms with Crippen molar-refractivity contribution in [3.63, 3.8) is 0 Å². The van der Waals surface area contributed by atoms with Gasteiger partial charge in [0, 0.05) is 44.5 Å². The molecule has 0 amide bonds. The Balaban J connectivity index is 1.15. The summed E-state index contributed by atoms with van der Waals surface area (Å²) in [6.07, 6.45) is 0. The van der Waals surface area contributed by atoms with Crippen molar-refractivity contribution in [1.29, 1.82) is 0 Å². The van der Waals surface area contributed by atoms with Crippen LogP contribution in [0.3, 0.4) is 0 Å². The summed E-state index contributed by atoms with van der Waals surface area (Å²) in [5.41, 5.74) is 11.7. The molecule has 0 saturated carbocycles. The lowest BCUT2D eigenvalue weighted by Gasteiger charge is -2.26. The summed E-state index contributed by atoms with van der Waals surface area (Å²) in [6.45, 7) is 0. The van der Waals surface area contributed by atoms with Crippen LogP contribution in [0.25, 0.3) is 71.9 Å². The number of hydrogen-bond donors (Lipinski definition) is 0. The van der Waals surface area contributed by atoms with Gasteiger partial charge >= 0.3 is 0 Å². The summed E-state index contributed by atoms with van der Waals surface area (Å²) in [5, 5.41) is 4.54. The fourth-order valence-corrected chi connectivity index (χ4v) is 7.38. The van der Waals surface area contributed by atoms with Gasteiger partial charge in [-0.3, -0.25) is 0 Å². The Morgan fingerprint density at radius 1 is 0.431 bits per heavy atom. The number of rotatable bonds is 6. The molecule has 4 heteroatoms. The average Bonchev–Trinajstić information content (AvgIpc) is 3.79. The van der Waals surface area contributed by atoms with Gasteiger partial charge in [0.25, 0.3) is 0 Å². The Morgan fingerprint density at radius 3 is 1.82 bits per heavy atom. The monoisotopic (exact) mass is 653 g/mol. The number of para-hydroxylation sites is 2. The number of hydrogen-bond acceptors (Lipinski definition) is 3. The first-order valence-corrected chi connectivity index (χ1v) is 17.2. The molecule has 51 heavy (non-hydrogen) atoms. The molecule has 0 aliphatic rings. The molecule has 0 saturated heterocycles. The summed E-state index contributed by atoms with van der Waals surface area (Å²) < 4.78 is 8.75. The van der Waals surface area contributed by atoms with Crippen molar-refractivity contribution < 1.29 is 4.42 Å². The topological polar surface area (TPSA) is 34.2 Å². The second kappa shape index (κ2) is 11.9. The number of benzene rings is 8. The van der Waals surface area contributed by atoms with E-state index in [0.29, 0.717) is 5.89 Å². The number of anilines is 3. The minimum absolute atomic E-state index is 0.630. The van der Waals surface area contributed by atoms with Crippen molar-refractivity contribution in [3.05, 3.63) is 188 Å². The van der Waals surface area contributed by atoms with Crippen LogP contribution in [0.5, 0.6) is 0 Å². The van der Waals surface area contributed by atoms with Gasteiger partial charge < -0.3 is 13.9 Å². The molecule has 240 valence electrons. The fourth-order valence-electron chi connectivity index (χ4n) is 7.38. The molecule has 0 radical (unpaired) electrons. The molecule has 0 unspecified atom stereocenters. The van der Waals surface area contributed by atoms with Gasteiger partial charge in [-0.15, -0.1) is 0 Å². The molecule has 2 heterocycles. The number of oxazole rings is 1. The Bertz CT molecular complexity index is 2840. The zero-order chi connectivity index (χ0) is 33.7. The van der Waals surface area contributed by atoms with E-state index < -0.39 is 0 Å². The van der Waals surface area contributed by atoms with E-state index in [9.17, 15) is 0 Å². The van der Waals surface area contributed by atoms with E-state index in [1.165, 1.54) is 32.9 Å². The number of nitrogens with zero attached hydrogens (tertiary/aromatic N) is 3. The molecular formula is C47H31N3O. The highest BCUT2D eigenvalue weighted by molar-refractivity contribution is 6.11. The van der Waals surface area contributed by atoms with Crippen LogP contribution in [-0.4, -0.2) is 9.55 Å². The van der Waals surface area contributed by atoms with Crippen molar-refractivity contribution in [2.45, 2.75) is 0 Å². The van der Waals surface area contributed by atoms with E-state index >= 15 is 0 Å². The van der Waals surface area contributed by atoms with E-state index in [2.05, 4.69) is 167 Å². The molecule has 4 nitrogen and oxygen atoms in total. The van der Waals surface area contributed by atoms with Gasteiger partial charge in [-0.25, -0.2) is 4.98 Å². The predicted octanol–water partition coefficient (Wildman–Crippen LogP) is 12.9. The van der Waals surface area contributed by atoms with Gasteiger partial charge in [0.2, 0.25) is 5.89 Å². The fraction of sp³-hybridized carbons (Fsp3) is 0. The van der Waals surface area contributed by atoms with Crippen molar-refractivity contribution in [3.8, 4) is 28.3 Å². The van der Waals surface area contributed by atoms with Crippen LogP contribution in [0.2, 0.25) is 0 Å². The van der Waals surface area contributed by atoms with E-state index in [0.717, 1.165) is 50.2 Å². The summed E-state index contributed by atoms with van der Waals surface area (Å²) in [4.78, 5) is 7.17. The van der Waals surface area contributed by atoms with E-state index in [1.807, 2.05) is 30.3 Å². The Labute approximate surface area is 295 Å². The summed E-state index contributed by atoms with van der Waals surface area (Å²) in [5.74, 6) is 0.630. The molecule has 0 fully saturated rings. The normalized spacial score (nSPS) is 11.5. The Kier molecular flexibility index (Phi) is 6.78. The van der Waals surface area contributed by atoms with Crippen LogP contribution in [0.15, 0.2) is 192 Å². The third-order valence-corrected chi connectivity index (χ3v) is 9.79. The average molecular weight is 654 g/mol. The molecule has 8 aromatic carbocycles. The van der Waals surface area contributed by atoms with Gasteiger partial charge in [0.15, 0.2) is 5.58 Å². The van der Waals surface area contributed by atoms with Crippen molar-refractivity contribution >= 4 is 60.7 Å². The van der Waals surface area contributed by atoms with E-state index in [1.54, 1.807) is 0 Å². The maximum Gasteiger partial charge on any atom is 0.227 e. The molecular weight excluding hydrogens is 623 g/mol. The maximum atomic E-state index is 6.39. The molecule has 10 rings (SSSR count). The second-order valence-corrected chi connectivity index (χ2v) is 12.8. The molecule has 0 aliphatic heterocycles. The van der Waals surface area contributed by atoms with Gasteiger partial charge in [-0.2, -0.15) is 0 Å². The summed E-state index contributed by atoms with van der Waals surface area (Å²) in [7, 11) is 0. The molecule has 0 atom stereocenters. The van der Waals surface area contributed by atoms with Crippen molar-refractivity contribution in [1.82, 2.24) is 9.55 Å². The molecule has 2 aromatic heterocycles. The zero-order valence-corrected chi connectivity index (χ0v) is 27.6. The highest BCUT2D eigenvalue weighted by Crippen LogP contribution is 2.42. The molecule has 0 N–H and O–H groups in total. The quantitative estimate of drug-likeness (QED) is 0.179. The lowest BCUT2D eigenvalue weighted by molar-refractivity contribution is 0.623. The Morgan fingerprint density at radius 2 is 1.04 bits per heavy atom. The molecule has 0 spiro atoms. The minimum Gasteiger partial charge on any atom is -0.435 e. The lowest BCUT2D eigenvalue weighted by Crippen LogP contribution is -2.10. The van der Waals surface area contributed by atoms with Crippen molar-refractivity contribution in [2.24, 2.45) is 0 Å². The standard InChI is InChI=1S/C47H31N3O/c1-4-12-32(13-5-1)33-20-23-37(24-21-33)49(38-25-27-40-35(30-38)22-28-43-46(40)51-47(48-43)34-14-6-2-7-15-34)39-26-29-45-42(31-39)41-18-10-11-19-44(41)50(45)36-16-8-3-9-17-36/h1-31H. The number of aromatic nitrogens is 2. The van der Waals surface area contributed by atoms with Crippen LogP contribution in [0.1, 0.15) is 0 Å². The summed E-state index contributed by atoms with van der Waals surface area (Å²) >= 11 is 0. The summed E-state index contributed by atoms with van der Waals surface area (Å²) in [6, 6.07) is 66.4. The van der Waals surface area contributed by atoms with Crippen LogP contribution in [0, 0.1) is 0 Å². The van der Waals surface area contributed by atoms with Crippen LogP contribution in [-0.2, 0) is 0 Å². The second-order valence-electron chi connectivity index (χ2n) is 12.8. The van der Waals surface area contributed by atoms with Gasteiger partial charge in [-0.1, -0.05) is 103 Å². The lowest BCUT2D eigenvalue weighted by atomic mass is 10.0. The van der Waals surface area contributed by atoms with Crippen LogP contribution in [0.4, 0.5) is 17.1 Å². The van der Waals surface area contributed by atoms with Gasteiger partial charge in [0.05, 0.1) is 11.0 Å². The number of fused-ring (bicyclic) bond motifs is 6.